The number of rotatable bonds is 3. The third-order valence-corrected chi connectivity index (χ3v) is 2.22. The molecule has 0 bridgehead atoms. The number of hydrogen-bond acceptors (Lipinski definition) is 6. The summed E-state index contributed by atoms with van der Waals surface area (Å²) in [5, 5.41) is 16.5. The second-order valence-corrected chi connectivity index (χ2v) is 3.34. The Morgan fingerprint density at radius 3 is 3.00 bits per heavy atom. The van der Waals surface area contributed by atoms with Crippen LogP contribution in [0.1, 0.15) is 5.69 Å². The number of nitrogens with one attached hydrogen (secondary N) is 1. The van der Waals surface area contributed by atoms with Crippen LogP contribution in [0.2, 0.25) is 0 Å². The second-order valence-electron chi connectivity index (χ2n) is 2.48. The van der Waals surface area contributed by atoms with Gasteiger partial charge in [0, 0.05) is 5.38 Å². The van der Waals surface area contributed by atoms with E-state index in [4.69, 9.17) is 5.26 Å². The molecule has 0 radical (unpaired) electrons. The number of aromatic nitrogens is 1. The Morgan fingerprint density at radius 1 is 1.80 bits per heavy atom. The van der Waals surface area contributed by atoms with Gasteiger partial charge in [0.1, 0.15) is 13.2 Å². The molecule has 0 fully saturated rings. The largest absolute Gasteiger partial charge is 0.398 e. The van der Waals surface area contributed by atoms with E-state index in [-0.39, 0.29) is 5.71 Å². The molecule has 0 aliphatic heterocycles. The first-order valence-electron chi connectivity index (χ1n) is 3.92. The molecule has 0 aromatic carbocycles. The van der Waals surface area contributed by atoms with E-state index >= 15 is 0 Å². The molecular weight excluding hydrogens is 216 g/mol. The quantitative estimate of drug-likeness (QED) is 0.610. The van der Waals surface area contributed by atoms with Crippen LogP contribution in [-0.2, 0) is 9.63 Å². The zero-order valence-corrected chi connectivity index (χ0v) is 8.96. The standard InChI is InChI=1S/C8H8N4O2S/c1-5-4-15-8(10-5)11-7(13)6(3-9)12-14-2/h4H,1-2H3,(H,10,11,13). The minimum atomic E-state index is -0.631. The summed E-state index contributed by atoms with van der Waals surface area (Å²) in [6.45, 7) is 1.81. The SMILES string of the molecule is CON=C(C#N)C(=O)Nc1nc(C)cs1. The molecule has 0 saturated carbocycles. The summed E-state index contributed by atoms with van der Waals surface area (Å²) in [7, 11) is 1.26. The van der Waals surface area contributed by atoms with Crippen molar-refractivity contribution in [3.63, 3.8) is 0 Å². The summed E-state index contributed by atoms with van der Waals surface area (Å²) in [4.78, 5) is 19.7. The van der Waals surface area contributed by atoms with Crippen LogP contribution >= 0.6 is 11.3 Å². The molecule has 0 aliphatic rings. The van der Waals surface area contributed by atoms with Gasteiger partial charge in [-0.15, -0.1) is 11.3 Å². The summed E-state index contributed by atoms with van der Waals surface area (Å²) in [6, 6.07) is 1.62. The molecule has 0 spiro atoms. The van der Waals surface area contributed by atoms with Crippen molar-refractivity contribution in [1.82, 2.24) is 4.98 Å². The van der Waals surface area contributed by atoms with Gasteiger partial charge in [-0.1, -0.05) is 5.16 Å². The van der Waals surface area contributed by atoms with Gasteiger partial charge in [-0.05, 0) is 6.92 Å². The maximum atomic E-state index is 11.4. The summed E-state index contributed by atoms with van der Waals surface area (Å²) < 4.78 is 0. The van der Waals surface area contributed by atoms with Crippen molar-refractivity contribution in [1.29, 1.82) is 5.26 Å². The molecule has 7 heteroatoms. The van der Waals surface area contributed by atoms with E-state index in [1.807, 2.05) is 0 Å². The highest BCUT2D eigenvalue weighted by atomic mass is 32.1. The van der Waals surface area contributed by atoms with Crippen LogP contribution in [0, 0.1) is 18.3 Å². The number of thiazole rings is 1. The molecule has 6 nitrogen and oxygen atoms in total. The van der Waals surface area contributed by atoms with Gasteiger partial charge in [-0.2, -0.15) is 5.26 Å². The molecule has 0 atom stereocenters. The van der Waals surface area contributed by atoms with Crippen molar-refractivity contribution in [3.05, 3.63) is 11.1 Å². The van der Waals surface area contributed by atoms with Crippen molar-refractivity contribution >= 4 is 28.1 Å². The maximum absolute atomic E-state index is 11.4. The highest BCUT2D eigenvalue weighted by Crippen LogP contribution is 2.14. The number of oxime groups is 1. The molecule has 1 amide bonds. The first-order chi connectivity index (χ1) is 7.17. The van der Waals surface area contributed by atoms with Gasteiger partial charge in [-0.3, -0.25) is 10.1 Å². The first kappa shape index (κ1) is 11.1. The van der Waals surface area contributed by atoms with Crippen molar-refractivity contribution in [3.8, 4) is 6.07 Å². The van der Waals surface area contributed by atoms with Gasteiger partial charge in [0.05, 0.1) is 5.69 Å². The predicted octanol–water partition coefficient (Wildman–Crippen LogP) is 0.916. The van der Waals surface area contributed by atoms with Crippen molar-refractivity contribution in [2.45, 2.75) is 6.92 Å². The molecule has 1 aromatic rings. The summed E-state index contributed by atoms with van der Waals surface area (Å²) in [6.07, 6.45) is 0. The molecule has 1 aromatic heterocycles. The van der Waals surface area contributed by atoms with Gasteiger partial charge in [0.15, 0.2) is 5.13 Å². The lowest BCUT2D eigenvalue weighted by Gasteiger charge is -1.97. The van der Waals surface area contributed by atoms with Gasteiger partial charge >= 0.3 is 0 Å². The Kier molecular flexibility index (Phi) is 3.76. The number of nitrogens with zero attached hydrogens (tertiary/aromatic N) is 3. The summed E-state index contributed by atoms with van der Waals surface area (Å²) in [5.74, 6) is -0.631. The first-order valence-corrected chi connectivity index (χ1v) is 4.80. The van der Waals surface area contributed by atoms with E-state index in [0.29, 0.717) is 5.13 Å². The zero-order chi connectivity index (χ0) is 11.3. The lowest BCUT2D eigenvalue weighted by Crippen LogP contribution is -2.21. The summed E-state index contributed by atoms with van der Waals surface area (Å²) >= 11 is 1.28. The van der Waals surface area contributed by atoms with Crippen LogP contribution in [0.5, 0.6) is 0 Å². The Balaban J connectivity index is 2.71. The molecule has 78 valence electrons. The van der Waals surface area contributed by atoms with Crippen LogP contribution in [0.15, 0.2) is 10.5 Å². The van der Waals surface area contributed by atoms with Crippen LogP contribution in [0.25, 0.3) is 0 Å². The average molecular weight is 224 g/mol. The van der Waals surface area contributed by atoms with Gasteiger partial charge < -0.3 is 4.84 Å². The number of carbonyl (C=O) groups is 1. The molecule has 0 unspecified atom stereocenters. The number of anilines is 1. The van der Waals surface area contributed by atoms with Crippen LogP contribution in [0.3, 0.4) is 0 Å². The normalized spacial score (nSPS) is 10.6. The van der Waals surface area contributed by atoms with Crippen molar-refractivity contribution in [2.75, 3.05) is 12.4 Å². The van der Waals surface area contributed by atoms with Crippen LogP contribution in [0.4, 0.5) is 5.13 Å². The van der Waals surface area contributed by atoms with E-state index < -0.39 is 5.91 Å². The minimum absolute atomic E-state index is 0.342. The van der Waals surface area contributed by atoms with E-state index in [2.05, 4.69) is 20.3 Å². The van der Waals surface area contributed by atoms with E-state index in [1.165, 1.54) is 18.4 Å². The molecular formula is C8H8N4O2S. The summed E-state index contributed by atoms with van der Waals surface area (Å²) in [5.41, 5.74) is 0.461. The number of nitriles is 1. The number of aryl methyl sites for hydroxylation is 1. The third kappa shape index (κ3) is 3.03. The Bertz CT molecular complexity index is 432. The number of hydrogen-bond donors (Lipinski definition) is 1. The zero-order valence-electron chi connectivity index (χ0n) is 8.14. The highest BCUT2D eigenvalue weighted by molar-refractivity contribution is 7.14. The van der Waals surface area contributed by atoms with Crippen molar-refractivity contribution < 1.29 is 9.63 Å². The topological polar surface area (TPSA) is 87.4 Å². The van der Waals surface area contributed by atoms with Crippen LogP contribution < -0.4 is 5.32 Å². The Labute approximate surface area is 90.2 Å². The second kappa shape index (κ2) is 5.07. The van der Waals surface area contributed by atoms with Gasteiger partial charge in [0.2, 0.25) is 5.71 Å². The monoisotopic (exact) mass is 224 g/mol. The van der Waals surface area contributed by atoms with Crippen LogP contribution in [-0.4, -0.2) is 23.7 Å². The Hall–Kier alpha value is -1.94. The number of carbonyl (C=O) groups excluding carboxylic acids is 1. The molecule has 1 rings (SSSR count). The number of amides is 1. The third-order valence-electron chi connectivity index (χ3n) is 1.34. The fourth-order valence-electron chi connectivity index (χ4n) is 0.772. The molecule has 0 saturated heterocycles. The highest BCUT2D eigenvalue weighted by Gasteiger charge is 2.13. The average Bonchev–Trinajstić information content (AvgIpc) is 2.60. The predicted molar refractivity (Wildman–Crippen MR) is 55.5 cm³/mol. The van der Waals surface area contributed by atoms with Gasteiger partial charge in [-0.25, -0.2) is 4.98 Å². The van der Waals surface area contributed by atoms with E-state index in [9.17, 15) is 4.79 Å². The Morgan fingerprint density at radius 2 is 2.53 bits per heavy atom. The lowest BCUT2D eigenvalue weighted by atomic mass is 10.4. The van der Waals surface area contributed by atoms with Gasteiger partial charge in [0.25, 0.3) is 5.91 Å². The smallest absolute Gasteiger partial charge is 0.290 e. The lowest BCUT2D eigenvalue weighted by molar-refractivity contribution is -0.110. The molecule has 1 heterocycles. The van der Waals surface area contributed by atoms with E-state index in [1.54, 1.807) is 18.4 Å². The van der Waals surface area contributed by atoms with Crippen molar-refractivity contribution in [2.24, 2.45) is 5.16 Å². The molecule has 0 aliphatic carbocycles. The van der Waals surface area contributed by atoms with E-state index in [0.717, 1.165) is 5.69 Å². The molecule has 1 N–H and O–H groups in total. The fourth-order valence-corrected chi connectivity index (χ4v) is 1.45. The maximum Gasteiger partial charge on any atom is 0.290 e. The minimum Gasteiger partial charge on any atom is -0.398 e. The fraction of sp³-hybridized carbons (Fsp3) is 0.250. The molecule has 15 heavy (non-hydrogen) atoms.